The second kappa shape index (κ2) is 3.68. The summed E-state index contributed by atoms with van der Waals surface area (Å²) in [5.74, 6) is -4.54. The largest absolute Gasteiger partial charge is 0.294 e. The van der Waals surface area contributed by atoms with Gasteiger partial charge in [-0.3, -0.25) is 4.79 Å². The minimum atomic E-state index is -1.55. The van der Waals surface area contributed by atoms with Crippen molar-refractivity contribution in [3.8, 4) is 0 Å². The van der Waals surface area contributed by atoms with Crippen molar-refractivity contribution in [2.75, 3.05) is 0 Å². The van der Waals surface area contributed by atoms with Gasteiger partial charge in [0.1, 0.15) is 0 Å². The zero-order valence-electron chi connectivity index (χ0n) is 7.95. The lowest BCUT2D eigenvalue weighted by Gasteiger charge is -2.07. The highest BCUT2D eigenvalue weighted by molar-refractivity contribution is 5.98. The molecule has 1 aliphatic rings. The maximum atomic E-state index is 13.3. The van der Waals surface area contributed by atoms with Crippen LogP contribution in [0.4, 0.5) is 13.2 Å². The van der Waals surface area contributed by atoms with Crippen molar-refractivity contribution in [1.82, 2.24) is 0 Å². The number of ketones is 1. The van der Waals surface area contributed by atoms with Gasteiger partial charge in [-0.05, 0) is 30.9 Å². The Morgan fingerprint density at radius 3 is 2.40 bits per heavy atom. The summed E-state index contributed by atoms with van der Waals surface area (Å²) < 4.78 is 39.2. The van der Waals surface area contributed by atoms with E-state index in [9.17, 15) is 18.0 Å². The second-order valence-corrected chi connectivity index (χ2v) is 3.65. The molecule has 0 spiro atoms. The summed E-state index contributed by atoms with van der Waals surface area (Å²) in [6, 6.07) is 0.928. The van der Waals surface area contributed by atoms with Gasteiger partial charge in [-0.15, -0.1) is 0 Å². The van der Waals surface area contributed by atoms with Gasteiger partial charge in [0.2, 0.25) is 0 Å². The molecular formula is C11H9F3O. The van der Waals surface area contributed by atoms with Crippen molar-refractivity contribution in [1.29, 1.82) is 0 Å². The predicted molar refractivity (Wildman–Crippen MR) is 48.2 cm³/mol. The van der Waals surface area contributed by atoms with Crippen molar-refractivity contribution in [2.24, 2.45) is 0 Å². The molecule has 0 radical (unpaired) electrons. The van der Waals surface area contributed by atoms with Gasteiger partial charge in [0, 0.05) is 6.42 Å². The molecule has 2 rings (SSSR count). The molecule has 0 amide bonds. The van der Waals surface area contributed by atoms with E-state index in [0.717, 1.165) is 6.07 Å². The summed E-state index contributed by atoms with van der Waals surface area (Å²) in [5, 5.41) is 0. The Balaban J connectivity index is 2.66. The molecule has 0 fully saturated rings. The summed E-state index contributed by atoms with van der Waals surface area (Å²) in [6.45, 7) is 0. The Labute approximate surface area is 84.9 Å². The monoisotopic (exact) mass is 214 g/mol. The lowest BCUT2D eigenvalue weighted by Crippen LogP contribution is -2.08. The number of benzene rings is 1. The molecule has 0 aliphatic heterocycles. The van der Waals surface area contributed by atoms with Crippen LogP contribution < -0.4 is 0 Å². The Hall–Kier alpha value is -1.32. The average Bonchev–Trinajstić information content (AvgIpc) is 2.37. The molecular weight excluding hydrogens is 205 g/mol. The first kappa shape index (κ1) is 10.2. The number of halogens is 3. The topological polar surface area (TPSA) is 17.1 Å². The zero-order valence-corrected chi connectivity index (χ0v) is 7.95. The second-order valence-electron chi connectivity index (χ2n) is 3.65. The third kappa shape index (κ3) is 1.64. The van der Waals surface area contributed by atoms with E-state index < -0.39 is 23.2 Å². The summed E-state index contributed by atoms with van der Waals surface area (Å²) in [7, 11) is 0. The smallest absolute Gasteiger partial charge is 0.195 e. The van der Waals surface area contributed by atoms with Crippen LogP contribution in [0.5, 0.6) is 0 Å². The van der Waals surface area contributed by atoms with Gasteiger partial charge < -0.3 is 0 Å². The fourth-order valence-electron chi connectivity index (χ4n) is 1.87. The quantitative estimate of drug-likeness (QED) is 0.479. The first-order valence-electron chi connectivity index (χ1n) is 4.81. The van der Waals surface area contributed by atoms with E-state index in [-0.39, 0.29) is 17.5 Å². The number of Topliss-reactive ketones (excluding diaryl/α,β-unsaturated/α-hetero) is 1. The molecule has 0 bridgehead atoms. The number of carbonyl (C=O) groups excluding carboxylic acids is 1. The number of hydrogen-bond acceptors (Lipinski definition) is 1. The van der Waals surface area contributed by atoms with Gasteiger partial charge in [-0.1, -0.05) is 0 Å². The molecule has 0 saturated carbocycles. The number of rotatable bonds is 0. The van der Waals surface area contributed by atoms with Crippen LogP contribution in [0.25, 0.3) is 0 Å². The van der Waals surface area contributed by atoms with E-state index in [0.29, 0.717) is 19.3 Å². The lowest BCUT2D eigenvalue weighted by molar-refractivity contribution is 0.0977. The van der Waals surface area contributed by atoms with Gasteiger partial charge in [0.25, 0.3) is 0 Å². The van der Waals surface area contributed by atoms with Crippen molar-refractivity contribution >= 4 is 5.78 Å². The molecule has 0 saturated heterocycles. The number of fused-ring (bicyclic) bond motifs is 1. The molecule has 1 aromatic rings. The highest BCUT2D eigenvalue weighted by Crippen LogP contribution is 2.26. The molecule has 4 heteroatoms. The van der Waals surface area contributed by atoms with Crippen LogP contribution in [0.2, 0.25) is 0 Å². The fourth-order valence-corrected chi connectivity index (χ4v) is 1.87. The summed E-state index contributed by atoms with van der Waals surface area (Å²) in [5.41, 5.74) is 0.0281. The number of carbonyl (C=O) groups is 1. The van der Waals surface area contributed by atoms with Crippen LogP contribution in [0, 0.1) is 17.5 Å². The van der Waals surface area contributed by atoms with E-state index in [4.69, 9.17) is 0 Å². The van der Waals surface area contributed by atoms with Crippen LogP contribution in [0.3, 0.4) is 0 Å². The summed E-state index contributed by atoms with van der Waals surface area (Å²) in [6.07, 6.45) is 1.96. The van der Waals surface area contributed by atoms with E-state index >= 15 is 0 Å². The van der Waals surface area contributed by atoms with Crippen LogP contribution in [-0.2, 0) is 6.42 Å². The average molecular weight is 214 g/mol. The fraction of sp³-hybridized carbons (Fsp3) is 0.364. The normalized spacial score (nSPS) is 16.1. The third-order valence-electron chi connectivity index (χ3n) is 2.62. The molecule has 0 N–H and O–H groups in total. The Morgan fingerprint density at radius 2 is 1.67 bits per heavy atom. The SMILES string of the molecule is O=C1CCCCc2cc(F)c(F)c(F)c21. The molecule has 1 aromatic carbocycles. The molecule has 0 unspecified atom stereocenters. The van der Waals surface area contributed by atoms with E-state index in [1.165, 1.54) is 0 Å². The van der Waals surface area contributed by atoms with Crippen LogP contribution in [-0.4, -0.2) is 5.78 Å². The molecule has 0 aromatic heterocycles. The first-order chi connectivity index (χ1) is 7.11. The van der Waals surface area contributed by atoms with Crippen molar-refractivity contribution < 1.29 is 18.0 Å². The van der Waals surface area contributed by atoms with Crippen molar-refractivity contribution in [3.63, 3.8) is 0 Å². The maximum Gasteiger partial charge on any atom is 0.195 e. The Kier molecular flexibility index (Phi) is 2.50. The Bertz CT molecular complexity index is 426. The van der Waals surface area contributed by atoms with Gasteiger partial charge in [0.05, 0.1) is 5.56 Å². The van der Waals surface area contributed by atoms with Crippen LogP contribution >= 0.6 is 0 Å². The summed E-state index contributed by atoms with van der Waals surface area (Å²) >= 11 is 0. The zero-order chi connectivity index (χ0) is 11.0. The number of aryl methyl sites for hydroxylation is 1. The number of hydrogen-bond donors (Lipinski definition) is 0. The highest BCUT2D eigenvalue weighted by Gasteiger charge is 2.24. The minimum absolute atomic E-state index is 0.203. The van der Waals surface area contributed by atoms with E-state index in [1.807, 2.05) is 0 Å². The van der Waals surface area contributed by atoms with Crippen LogP contribution in [0.15, 0.2) is 6.07 Å². The maximum absolute atomic E-state index is 13.3. The predicted octanol–water partition coefficient (Wildman–Crippen LogP) is 3.01. The van der Waals surface area contributed by atoms with Crippen molar-refractivity contribution in [2.45, 2.75) is 25.7 Å². The summed E-state index contributed by atoms with van der Waals surface area (Å²) in [4.78, 5) is 11.5. The van der Waals surface area contributed by atoms with E-state index in [1.54, 1.807) is 0 Å². The van der Waals surface area contributed by atoms with E-state index in [2.05, 4.69) is 0 Å². The lowest BCUT2D eigenvalue weighted by atomic mass is 10.0. The van der Waals surface area contributed by atoms with Crippen LogP contribution in [0.1, 0.15) is 35.2 Å². The minimum Gasteiger partial charge on any atom is -0.294 e. The van der Waals surface area contributed by atoms with Gasteiger partial charge >= 0.3 is 0 Å². The van der Waals surface area contributed by atoms with Gasteiger partial charge in [0.15, 0.2) is 23.2 Å². The third-order valence-corrected chi connectivity index (χ3v) is 2.62. The molecule has 15 heavy (non-hydrogen) atoms. The van der Waals surface area contributed by atoms with Gasteiger partial charge in [-0.2, -0.15) is 0 Å². The highest BCUT2D eigenvalue weighted by atomic mass is 19.2. The molecule has 0 heterocycles. The van der Waals surface area contributed by atoms with Crippen molar-refractivity contribution in [3.05, 3.63) is 34.6 Å². The molecule has 1 aliphatic carbocycles. The Morgan fingerprint density at radius 1 is 1.00 bits per heavy atom. The van der Waals surface area contributed by atoms with Gasteiger partial charge in [-0.25, -0.2) is 13.2 Å². The standard InChI is InChI=1S/C11H9F3O/c12-7-5-6-3-1-2-4-8(15)9(6)11(14)10(7)13/h5H,1-4H2. The first-order valence-corrected chi connectivity index (χ1v) is 4.81. The molecule has 1 nitrogen and oxygen atoms in total. The molecule has 0 atom stereocenters. The molecule has 80 valence electrons.